The summed E-state index contributed by atoms with van der Waals surface area (Å²) in [5.41, 5.74) is 2.62. The fourth-order valence-corrected chi connectivity index (χ4v) is 5.15. The molecule has 0 spiro atoms. The van der Waals surface area contributed by atoms with E-state index in [9.17, 15) is 14.7 Å². The molecule has 186 valence electrons. The number of aliphatic hydroxyl groups is 1. The lowest BCUT2D eigenvalue weighted by Gasteiger charge is -2.37. The monoisotopic (exact) mass is 481 g/mol. The van der Waals surface area contributed by atoms with Crippen LogP contribution in [0.5, 0.6) is 5.75 Å². The van der Waals surface area contributed by atoms with E-state index in [-0.39, 0.29) is 48.9 Å². The maximum absolute atomic E-state index is 12.7. The van der Waals surface area contributed by atoms with Gasteiger partial charge in [-0.1, -0.05) is 6.07 Å². The number of ether oxygens (including phenoxy) is 3. The normalized spacial score (nSPS) is 25.7. The zero-order chi connectivity index (χ0) is 24.2. The van der Waals surface area contributed by atoms with Crippen LogP contribution in [-0.2, 0) is 25.6 Å². The van der Waals surface area contributed by atoms with Crippen molar-refractivity contribution in [2.75, 3.05) is 25.1 Å². The Balaban J connectivity index is 1.24. The van der Waals surface area contributed by atoms with Crippen LogP contribution in [0.4, 0.5) is 5.69 Å². The average molecular weight is 482 g/mol. The number of carbonyl (C=O) groups is 2. The summed E-state index contributed by atoms with van der Waals surface area (Å²) in [6.07, 6.45) is 4.43. The highest BCUT2D eigenvalue weighted by Crippen LogP contribution is 2.47. The second kappa shape index (κ2) is 10.7. The molecule has 4 heterocycles. The van der Waals surface area contributed by atoms with Crippen molar-refractivity contribution in [1.82, 2.24) is 10.3 Å². The first-order chi connectivity index (χ1) is 17.1. The molecular formula is C26H31N3O6. The Kier molecular flexibility index (Phi) is 7.26. The quantitative estimate of drug-likeness (QED) is 0.554. The Morgan fingerprint density at radius 3 is 2.80 bits per heavy atom. The molecule has 2 saturated heterocycles. The summed E-state index contributed by atoms with van der Waals surface area (Å²) in [7, 11) is 0. The topological polar surface area (TPSA) is 119 Å². The first kappa shape index (κ1) is 23.7. The zero-order valence-electron chi connectivity index (χ0n) is 19.5. The number of carbonyl (C=O) groups excluding carboxylic acids is 2. The lowest BCUT2D eigenvalue weighted by atomic mass is 9.84. The molecule has 0 bridgehead atoms. The van der Waals surface area contributed by atoms with Gasteiger partial charge in [-0.2, -0.15) is 0 Å². The van der Waals surface area contributed by atoms with Crippen LogP contribution in [0.25, 0.3) is 0 Å². The molecular weight excluding hydrogens is 450 g/mol. The van der Waals surface area contributed by atoms with Crippen LogP contribution in [0, 0.1) is 5.92 Å². The van der Waals surface area contributed by atoms with Gasteiger partial charge >= 0.3 is 0 Å². The Hall–Kier alpha value is -3.01. The molecule has 3 aliphatic heterocycles. The van der Waals surface area contributed by atoms with E-state index in [4.69, 9.17) is 14.2 Å². The predicted octanol–water partition coefficient (Wildman–Crippen LogP) is 2.15. The molecule has 4 atom stereocenters. The Morgan fingerprint density at radius 1 is 1.17 bits per heavy atom. The van der Waals surface area contributed by atoms with Gasteiger partial charge in [-0.3, -0.25) is 14.6 Å². The largest absolute Gasteiger partial charge is 0.487 e. The van der Waals surface area contributed by atoms with Gasteiger partial charge < -0.3 is 30.0 Å². The summed E-state index contributed by atoms with van der Waals surface area (Å²) < 4.78 is 17.5. The molecule has 9 nitrogen and oxygen atoms in total. The van der Waals surface area contributed by atoms with Crippen molar-refractivity contribution in [3.63, 3.8) is 0 Å². The first-order valence-corrected chi connectivity index (χ1v) is 12.2. The molecule has 0 unspecified atom stereocenters. The highest BCUT2D eigenvalue weighted by molar-refractivity contribution is 5.92. The second-order valence-corrected chi connectivity index (χ2v) is 9.37. The number of nitrogens with one attached hydrogen (secondary N) is 2. The van der Waals surface area contributed by atoms with Crippen LogP contribution in [0.15, 0.2) is 42.7 Å². The molecule has 9 heteroatoms. The average Bonchev–Trinajstić information content (AvgIpc) is 3.26. The number of benzene rings is 1. The van der Waals surface area contributed by atoms with Gasteiger partial charge in [0.25, 0.3) is 0 Å². The molecule has 5 rings (SSSR count). The van der Waals surface area contributed by atoms with Crippen LogP contribution >= 0.6 is 0 Å². The maximum atomic E-state index is 12.7. The Bertz CT molecular complexity index is 1040. The molecule has 1 aromatic heterocycles. The lowest BCUT2D eigenvalue weighted by molar-refractivity contribution is -0.142. The number of pyridine rings is 1. The number of hydrogen-bond donors (Lipinski definition) is 3. The van der Waals surface area contributed by atoms with E-state index in [0.717, 1.165) is 35.4 Å². The molecule has 1 aromatic carbocycles. The van der Waals surface area contributed by atoms with E-state index < -0.39 is 6.10 Å². The summed E-state index contributed by atoms with van der Waals surface area (Å²) in [6.45, 7) is 1.42. The fraction of sp³-hybridized carbons (Fsp3) is 0.500. The zero-order valence-corrected chi connectivity index (χ0v) is 19.5. The fourth-order valence-electron chi connectivity index (χ4n) is 5.15. The van der Waals surface area contributed by atoms with Gasteiger partial charge in [0, 0.05) is 55.2 Å². The summed E-state index contributed by atoms with van der Waals surface area (Å²) >= 11 is 0. The van der Waals surface area contributed by atoms with E-state index in [1.165, 1.54) is 0 Å². The van der Waals surface area contributed by atoms with E-state index >= 15 is 0 Å². The molecule has 3 N–H and O–H groups in total. The van der Waals surface area contributed by atoms with Gasteiger partial charge in [0.15, 0.2) is 0 Å². The number of amides is 2. The molecule has 2 aromatic rings. The molecule has 2 fully saturated rings. The van der Waals surface area contributed by atoms with E-state index in [2.05, 4.69) is 15.6 Å². The smallest absolute Gasteiger partial charge is 0.227 e. The van der Waals surface area contributed by atoms with Crippen molar-refractivity contribution < 1.29 is 28.9 Å². The number of aromatic nitrogens is 1. The van der Waals surface area contributed by atoms with Crippen molar-refractivity contribution in [2.24, 2.45) is 5.92 Å². The minimum Gasteiger partial charge on any atom is -0.487 e. The van der Waals surface area contributed by atoms with E-state index in [0.29, 0.717) is 26.2 Å². The van der Waals surface area contributed by atoms with Gasteiger partial charge in [-0.25, -0.2) is 0 Å². The maximum Gasteiger partial charge on any atom is 0.227 e. The van der Waals surface area contributed by atoms with Crippen LogP contribution in [0.2, 0.25) is 0 Å². The standard InChI is InChI=1S/C26H31N3O6/c30-15-23-25-21(11-19(34-23)12-24(31)28-14-16-2-1-7-27-13-16)20-10-18(3-4-22(20)35-25)29-26(32)17-5-8-33-9-6-17/h1-4,7,10,13,17,19,21,23,25,30H,5-6,8-9,11-12,14-15H2,(H,28,31)(H,29,32)/t19-,21+,23-,25-/m0/s1. The van der Waals surface area contributed by atoms with Crippen LogP contribution in [0.1, 0.15) is 42.7 Å². The number of fused-ring (bicyclic) bond motifs is 3. The highest BCUT2D eigenvalue weighted by atomic mass is 16.6. The predicted molar refractivity (Wildman–Crippen MR) is 127 cm³/mol. The van der Waals surface area contributed by atoms with Crippen molar-refractivity contribution >= 4 is 17.5 Å². The first-order valence-electron chi connectivity index (χ1n) is 12.2. The minimum atomic E-state index is -0.530. The summed E-state index contributed by atoms with van der Waals surface area (Å²) in [4.78, 5) is 29.3. The number of rotatable bonds is 7. The molecule has 2 amide bonds. The van der Waals surface area contributed by atoms with Crippen molar-refractivity contribution in [1.29, 1.82) is 0 Å². The van der Waals surface area contributed by atoms with Crippen molar-refractivity contribution in [3.8, 4) is 5.75 Å². The highest BCUT2D eigenvalue weighted by Gasteiger charge is 2.46. The molecule has 0 saturated carbocycles. The van der Waals surface area contributed by atoms with Gasteiger partial charge in [-0.15, -0.1) is 0 Å². The molecule has 0 radical (unpaired) electrons. The third-order valence-corrected chi connectivity index (χ3v) is 6.98. The van der Waals surface area contributed by atoms with Gasteiger partial charge in [0.1, 0.15) is 18.0 Å². The summed E-state index contributed by atoms with van der Waals surface area (Å²) in [5.74, 6) is 0.537. The van der Waals surface area contributed by atoms with Gasteiger partial charge in [0.05, 0.1) is 19.1 Å². The summed E-state index contributed by atoms with van der Waals surface area (Å²) in [5, 5.41) is 15.9. The number of anilines is 1. The summed E-state index contributed by atoms with van der Waals surface area (Å²) in [6, 6.07) is 9.39. The number of hydrogen-bond acceptors (Lipinski definition) is 7. The van der Waals surface area contributed by atoms with Gasteiger partial charge in [-0.05, 0) is 49.1 Å². The molecule has 0 aliphatic carbocycles. The van der Waals surface area contributed by atoms with Crippen LogP contribution in [0.3, 0.4) is 0 Å². The lowest BCUT2D eigenvalue weighted by Crippen LogP contribution is -2.47. The minimum absolute atomic E-state index is 0.00657. The third-order valence-electron chi connectivity index (χ3n) is 6.98. The number of nitrogens with zero attached hydrogens (tertiary/aromatic N) is 1. The second-order valence-electron chi connectivity index (χ2n) is 9.37. The van der Waals surface area contributed by atoms with E-state index in [1.54, 1.807) is 12.4 Å². The van der Waals surface area contributed by atoms with Crippen molar-refractivity contribution in [2.45, 2.75) is 56.5 Å². The molecule has 3 aliphatic rings. The molecule has 35 heavy (non-hydrogen) atoms. The SMILES string of the molecule is O=C(C[C@@H]1C[C@@H]2c3cc(NC(=O)C4CCOCC4)ccc3O[C@@H]2[C@H](CO)O1)NCc1cccnc1. The van der Waals surface area contributed by atoms with Gasteiger partial charge in [0.2, 0.25) is 11.8 Å². The van der Waals surface area contributed by atoms with Crippen LogP contribution < -0.4 is 15.4 Å². The third kappa shape index (κ3) is 5.47. The van der Waals surface area contributed by atoms with Crippen LogP contribution in [-0.4, -0.2) is 60.0 Å². The number of aliphatic hydroxyl groups excluding tert-OH is 1. The van der Waals surface area contributed by atoms with E-state index in [1.807, 2.05) is 30.3 Å². The Morgan fingerprint density at radius 2 is 2.03 bits per heavy atom. The Labute approximate surface area is 204 Å². The van der Waals surface area contributed by atoms with Crippen molar-refractivity contribution in [3.05, 3.63) is 53.9 Å².